The first-order valence-corrected chi connectivity index (χ1v) is 10.6. The Kier molecular flexibility index (Phi) is 7.96. The molecule has 0 fully saturated rings. The molecule has 3 rings (SSSR count). The van der Waals surface area contributed by atoms with Crippen molar-refractivity contribution in [3.63, 3.8) is 0 Å². The maximum atomic E-state index is 12.4. The lowest BCUT2D eigenvalue weighted by molar-refractivity contribution is -0.121. The van der Waals surface area contributed by atoms with Crippen LogP contribution in [0, 0.1) is 0 Å². The minimum atomic E-state index is -0.351. The summed E-state index contributed by atoms with van der Waals surface area (Å²) in [4.78, 5) is 27.3. The number of ether oxygens (including phenoxy) is 2. The molecule has 1 aromatic heterocycles. The molecule has 0 radical (unpaired) electrons. The Morgan fingerprint density at radius 2 is 1.84 bits per heavy atom. The summed E-state index contributed by atoms with van der Waals surface area (Å²) in [7, 11) is 1.62. The molecule has 0 aliphatic heterocycles. The van der Waals surface area contributed by atoms with Gasteiger partial charge >= 0.3 is 0 Å². The third kappa shape index (κ3) is 6.66. The molecule has 3 aromatic rings. The van der Waals surface area contributed by atoms with Crippen molar-refractivity contribution >= 4 is 5.91 Å². The molecule has 8 heteroatoms. The summed E-state index contributed by atoms with van der Waals surface area (Å²) in [6, 6.07) is 15.0. The first kappa shape index (κ1) is 23.0. The van der Waals surface area contributed by atoms with Gasteiger partial charge in [0.05, 0.1) is 13.2 Å². The van der Waals surface area contributed by atoms with Crippen molar-refractivity contribution < 1.29 is 14.3 Å². The zero-order chi connectivity index (χ0) is 22.9. The molecule has 0 atom stereocenters. The standard InChI is InChI=1S/C24H28N4O4/c1-16(2)32-20-6-4-5-18(15-20)23-26-24(30)21(27-28-23)11-12-22(29)25-14-13-17-7-9-19(31-3)10-8-17/h4-10,15-16H,11-14H2,1-3H3,(H,25,29)(H,26,28,30). The van der Waals surface area contributed by atoms with Crippen LogP contribution >= 0.6 is 0 Å². The van der Waals surface area contributed by atoms with Gasteiger partial charge in [0.25, 0.3) is 5.56 Å². The smallest absolute Gasteiger partial charge is 0.273 e. The van der Waals surface area contributed by atoms with Crippen LogP contribution in [-0.4, -0.2) is 40.8 Å². The van der Waals surface area contributed by atoms with E-state index in [4.69, 9.17) is 9.47 Å². The topological polar surface area (TPSA) is 106 Å². The Labute approximate surface area is 187 Å². The molecular formula is C24H28N4O4. The highest BCUT2D eigenvalue weighted by atomic mass is 16.5. The fourth-order valence-corrected chi connectivity index (χ4v) is 3.10. The minimum absolute atomic E-state index is 0.0418. The monoisotopic (exact) mass is 436 g/mol. The van der Waals surface area contributed by atoms with Gasteiger partial charge in [-0.2, -0.15) is 0 Å². The summed E-state index contributed by atoms with van der Waals surface area (Å²) in [6.07, 6.45) is 1.13. The number of rotatable bonds is 10. The normalized spacial score (nSPS) is 10.8. The second-order valence-corrected chi connectivity index (χ2v) is 7.59. The SMILES string of the molecule is COc1ccc(CCNC(=O)CCc2nnc(-c3cccc(OC(C)C)c3)[nH]c2=O)cc1. The van der Waals surface area contributed by atoms with E-state index in [0.29, 0.717) is 30.1 Å². The van der Waals surface area contributed by atoms with E-state index < -0.39 is 0 Å². The summed E-state index contributed by atoms with van der Waals surface area (Å²) >= 11 is 0. The van der Waals surface area contributed by atoms with E-state index in [1.165, 1.54) is 0 Å². The molecule has 0 aliphatic carbocycles. The molecule has 1 amide bonds. The van der Waals surface area contributed by atoms with E-state index in [0.717, 1.165) is 11.3 Å². The van der Waals surface area contributed by atoms with E-state index in [1.54, 1.807) is 13.2 Å². The lowest BCUT2D eigenvalue weighted by atomic mass is 10.1. The van der Waals surface area contributed by atoms with Gasteiger partial charge in [0, 0.05) is 24.9 Å². The number of methoxy groups -OCH3 is 1. The zero-order valence-corrected chi connectivity index (χ0v) is 18.6. The van der Waals surface area contributed by atoms with Crippen LogP contribution in [0.4, 0.5) is 0 Å². The minimum Gasteiger partial charge on any atom is -0.497 e. The number of nitrogens with zero attached hydrogens (tertiary/aromatic N) is 2. The van der Waals surface area contributed by atoms with Gasteiger partial charge in [-0.3, -0.25) is 9.59 Å². The summed E-state index contributed by atoms with van der Waals surface area (Å²) in [5, 5.41) is 11.0. The third-order valence-electron chi connectivity index (χ3n) is 4.73. The lowest BCUT2D eigenvalue weighted by Crippen LogP contribution is -2.27. The summed E-state index contributed by atoms with van der Waals surface area (Å²) < 4.78 is 10.8. The molecule has 2 aromatic carbocycles. The molecule has 0 saturated heterocycles. The molecule has 8 nitrogen and oxygen atoms in total. The van der Waals surface area contributed by atoms with E-state index in [1.807, 2.05) is 56.3 Å². The molecule has 0 saturated carbocycles. The number of aromatic amines is 1. The van der Waals surface area contributed by atoms with E-state index >= 15 is 0 Å². The number of aromatic nitrogens is 3. The molecule has 1 heterocycles. The van der Waals surface area contributed by atoms with Crippen molar-refractivity contribution in [2.75, 3.05) is 13.7 Å². The fourth-order valence-electron chi connectivity index (χ4n) is 3.10. The van der Waals surface area contributed by atoms with E-state index in [9.17, 15) is 9.59 Å². The predicted molar refractivity (Wildman–Crippen MR) is 122 cm³/mol. The first-order chi connectivity index (χ1) is 15.4. The van der Waals surface area contributed by atoms with Gasteiger partial charge in [-0.15, -0.1) is 10.2 Å². The second-order valence-electron chi connectivity index (χ2n) is 7.59. The van der Waals surface area contributed by atoms with Crippen LogP contribution in [0.3, 0.4) is 0 Å². The fraction of sp³-hybridized carbons (Fsp3) is 0.333. The highest BCUT2D eigenvalue weighted by Gasteiger charge is 2.10. The van der Waals surface area contributed by atoms with Crippen molar-refractivity contribution in [2.24, 2.45) is 0 Å². The van der Waals surface area contributed by atoms with Crippen molar-refractivity contribution in [1.29, 1.82) is 0 Å². The third-order valence-corrected chi connectivity index (χ3v) is 4.73. The largest absolute Gasteiger partial charge is 0.497 e. The first-order valence-electron chi connectivity index (χ1n) is 10.6. The number of amides is 1. The highest BCUT2D eigenvalue weighted by Crippen LogP contribution is 2.20. The van der Waals surface area contributed by atoms with Gasteiger partial charge < -0.3 is 19.8 Å². The summed E-state index contributed by atoms with van der Waals surface area (Å²) in [5.74, 6) is 1.71. The number of H-pyrrole nitrogens is 1. The van der Waals surface area contributed by atoms with Gasteiger partial charge in [0.2, 0.25) is 5.91 Å². The van der Waals surface area contributed by atoms with Crippen LogP contribution in [0.15, 0.2) is 53.3 Å². The number of aryl methyl sites for hydroxylation is 1. The molecule has 0 spiro atoms. The Bertz CT molecular complexity index is 1090. The Hall–Kier alpha value is -3.68. The molecule has 32 heavy (non-hydrogen) atoms. The van der Waals surface area contributed by atoms with Crippen LogP contribution < -0.4 is 20.3 Å². The van der Waals surface area contributed by atoms with Crippen LogP contribution in [-0.2, 0) is 17.6 Å². The van der Waals surface area contributed by atoms with Crippen LogP contribution in [0.5, 0.6) is 11.5 Å². The molecule has 168 valence electrons. The Morgan fingerprint density at radius 3 is 2.53 bits per heavy atom. The van der Waals surface area contributed by atoms with Gasteiger partial charge in [-0.1, -0.05) is 24.3 Å². The Morgan fingerprint density at radius 1 is 1.06 bits per heavy atom. The lowest BCUT2D eigenvalue weighted by Gasteiger charge is -2.10. The van der Waals surface area contributed by atoms with Crippen LogP contribution in [0.1, 0.15) is 31.5 Å². The number of hydrogen-bond donors (Lipinski definition) is 2. The molecule has 0 bridgehead atoms. The highest BCUT2D eigenvalue weighted by molar-refractivity contribution is 5.76. The predicted octanol–water partition coefficient (Wildman–Crippen LogP) is 2.92. The molecule has 0 unspecified atom stereocenters. The van der Waals surface area contributed by atoms with Crippen LogP contribution in [0.2, 0.25) is 0 Å². The van der Waals surface area contributed by atoms with E-state index in [-0.39, 0.29) is 36.1 Å². The average Bonchev–Trinajstić information content (AvgIpc) is 2.78. The van der Waals surface area contributed by atoms with Crippen molar-refractivity contribution in [3.8, 4) is 22.9 Å². The molecule has 0 aliphatic rings. The maximum absolute atomic E-state index is 12.4. The molecule has 2 N–H and O–H groups in total. The van der Waals surface area contributed by atoms with Gasteiger partial charge in [0.15, 0.2) is 5.82 Å². The van der Waals surface area contributed by atoms with Crippen molar-refractivity contribution in [1.82, 2.24) is 20.5 Å². The molecular weight excluding hydrogens is 408 g/mol. The average molecular weight is 437 g/mol. The second kappa shape index (κ2) is 11.1. The van der Waals surface area contributed by atoms with Gasteiger partial charge in [-0.25, -0.2) is 0 Å². The van der Waals surface area contributed by atoms with Crippen LogP contribution in [0.25, 0.3) is 11.4 Å². The Balaban J connectivity index is 1.51. The summed E-state index contributed by atoms with van der Waals surface area (Å²) in [5.41, 5.74) is 1.69. The maximum Gasteiger partial charge on any atom is 0.273 e. The number of benzene rings is 2. The van der Waals surface area contributed by atoms with Gasteiger partial charge in [0.1, 0.15) is 17.2 Å². The quantitative estimate of drug-likeness (QED) is 0.506. The van der Waals surface area contributed by atoms with Crippen molar-refractivity contribution in [3.05, 3.63) is 70.1 Å². The number of nitrogens with one attached hydrogen (secondary N) is 2. The number of carbonyl (C=O) groups is 1. The van der Waals surface area contributed by atoms with E-state index in [2.05, 4.69) is 20.5 Å². The summed E-state index contributed by atoms with van der Waals surface area (Å²) in [6.45, 7) is 4.40. The van der Waals surface area contributed by atoms with Gasteiger partial charge in [-0.05, 0) is 50.1 Å². The number of hydrogen-bond acceptors (Lipinski definition) is 6. The van der Waals surface area contributed by atoms with Crippen molar-refractivity contribution in [2.45, 2.75) is 39.2 Å². The zero-order valence-electron chi connectivity index (χ0n) is 18.6. The number of carbonyl (C=O) groups excluding carboxylic acids is 1.